The number of para-hydroxylation sites is 1. The minimum Gasteiger partial charge on any atom is -0.492 e. The standard InChI is InChI=1S/C27H25NO7/c29-25(30)10-2-1-5-17-35-24-8-4-3-7-22(24)27(32,33)28(21-15-16-21)26(31)20-13-11-19(12-14-20)23-9-6-18-34-23/h3-4,6-9,11-14,18,21,32-33H,5,10,15-17H2,(H,29,30). The fourth-order valence-electron chi connectivity index (χ4n) is 3.69. The maximum Gasteiger partial charge on any atom is 0.315 e. The molecule has 1 aromatic heterocycles. The van der Waals surface area contributed by atoms with Gasteiger partial charge in [-0.1, -0.05) is 36.1 Å². The molecule has 1 amide bonds. The van der Waals surface area contributed by atoms with Crippen molar-refractivity contribution in [2.75, 3.05) is 6.61 Å². The summed E-state index contributed by atoms with van der Waals surface area (Å²) in [5.74, 6) is 1.95. The molecule has 0 radical (unpaired) electrons. The zero-order valence-electron chi connectivity index (χ0n) is 18.9. The minimum absolute atomic E-state index is 0.0333. The van der Waals surface area contributed by atoms with Crippen molar-refractivity contribution in [1.29, 1.82) is 0 Å². The Hall–Kier alpha value is -4.06. The largest absolute Gasteiger partial charge is 0.492 e. The predicted molar refractivity (Wildman–Crippen MR) is 126 cm³/mol. The van der Waals surface area contributed by atoms with Crippen LogP contribution in [0.1, 0.15) is 41.6 Å². The van der Waals surface area contributed by atoms with Crippen LogP contribution in [0.4, 0.5) is 0 Å². The van der Waals surface area contributed by atoms with Gasteiger partial charge >= 0.3 is 5.97 Å². The summed E-state index contributed by atoms with van der Waals surface area (Å²) in [5, 5.41) is 31.1. The first kappa shape index (κ1) is 24.1. The van der Waals surface area contributed by atoms with Crippen LogP contribution in [0.2, 0.25) is 0 Å². The molecule has 0 saturated heterocycles. The molecular formula is C27H25NO7. The fraction of sp³-hybridized carbons (Fsp3) is 0.259. The van der Waals surface area contributed by atoms with Gasteiger partial charge in [-0.2, -0.15) is 0 Å². The van der Waals surface area contributed by atoms with Gasteiger partial charge < -0.3 is 24.5 Å². The van der Waals surface area contributed by atoms with Crippen LogP contribution in [-0.4, -0.2) is 44.7 Å². The molecule has 3 N–H and O–H groups in total. The third-order valence-electron chi connectivity index (χ3n) is 5.50. The molecule has 1 saturated carbocycles. The zero-order chi connectivity index (χ0) is 24.8. The van der Waals surface area contributed by atoms with Crippen LogP contribution in [0.15, 0.2) is 71.3 Å². The molecule has 0 spiro atoms. The van der Waals surface area contributed by atoms with Crippen LogP contribution < -0.4 is 4.74 Å². The Balaban J connectivity index is 1.53. The Labute approximate surface area is 202 Å². The monoisotopic (exact) mass is 475 g/mol. The zero-order valence-corrected chi connectivity index (χ0v) is 18.9. The van der Waals surface area contributed by atoms with E-state index < -0.39 is 17.8 Å². The van der Waals surface area contributed by atoms with E-state index in [0.29, 0.717) is 24.2 Å². The average Bonchev–Trinajstić information content (AvgIpc) is 3.51. The molecule has 8 heteroatoms. The highest BCUT2D eigenvalue weighted by atomic mass is 16.5. The van der Waals surface area contributed by atoms with Crippen LogP contribution in [0, 0.1) is 11.8 Å². The summed E-state index contributed by atoms with van der Waals surface area (Å²) < 4.78 is 11.1. The molecule has 1 heterocycles. The quantitative estimate of drug-likeness (QED) is 0.246. The van der Waals surface area contributed by atoms with E-state index in [4.69, 9.17) is 14.3 Å². The molecule has 8 nitrogen and oxygen atoms in total. The number of carbonyl (C=O) groups is 2. The van der Waals surface area contributed by atoms with E-state index in [2.05, 4.69) is 11.8 Å². The number of rotatable bonds is 9. The van der Waals surface area contributed by atoms with Crippen molar-refractivity contribution in [3.05, 3.63) is 78.1 Å². The van der Waals surface area contributed by atoms with Crippen molar-refractivity contribution >= 4 is 11.9 Å². The molecule has 180 valence electrons. The fourth-order valence-corrected chi connectivity index (χ4v) is 3.69. The highest BCUT2D eigenvalue weighted by Gasteiger charge is 2.48. The third kappa shape index (κ3) is 5.72. The number of aliphatic carboxylic acids is 1. The number of furan rings is 1. The molecule has 35 heavy (non-hydrogen) atoms. The number of carboxylic acids is 1. The van der Waals surface area contributed by atoms with Gasteiger partial charge in [0.2, 0.25) is 0 Å². The summed E-state index contributed by atoms with van der Waals surface area (Å²) in [6.07, 6.45) is 2.88. The molecule has 0 unspecified atom stereocenters. The molecule has 1 aliphatic carbocycles. The normalized spacial score (nSPS) is 13.0. The lowest BCUT2D eigenvalue weighted by Gasteiger charge is -2.36. The first-order valence-electron chi connectivity index (χ1n) is 11.2. The van der Waals surface area contributed by atoms with E-state index in [-0.39, 0.29) is 36.8 Å². The number of carboxylic acid groups (broad SMARTS) is 1. The number of benzene rings is 2. The number of ether oxygens (including phenoxy) is 1. The van der Waals surface area contributed by atoms with E-state index in [1.807, 2.05) is 6.07 Å². The van der Waals surface area contributed by atoms with Crippen molar-refractivity contribution in [1.82, 2.24) is 4.90 Å². The average molecular weight is 475 g/mol. The number of hydrogen-bond donors (Lipinski definition) is 3. The summed E-state index contributed by atoms with van der Waals surface area (Å²) >= 11 is 0. The highest BCUT2D eigenvalue weighted by Crippen LogP contribution is 2.40. The van der Waals surface area contributed by atoms with E-state index >= 15 is 0 Å². The summed E-state index contributed by atoms with van der Waals surface area (Å²) in [6, 6.07) is 16.4. The van der Waals surface area contributed by atoms with Crippen molar-refractivity contribution in [3.63, 3.8) is 0 Å². The summed E-state index contributed by atoms with van der Waals surface area (Å²) in [5.41, 5.74) is 1.15. The van der Waals surface area contributed by atoms with Gasteiger partial charge in [0.25, 0.3) is 11.8 Å². The molecular weight excluding hydrogens is 450 g/mol. The van der Waals surface area contributed by atoms with Gasteiger partial charge in [-0.3, -0.25) is 14.5 Å². The lowest BCUT2D eigenvalue weighted by Crippen LogP contribution is -2.51. The van der Waals surface area contributed by atoms with Crippen molar-refractivity contribution in [2.24, 2.45) is 0 Å². The Morgan fingerprint density at radius 3 is 2.43 bits per heavy atom. The Bertz CT molecular complexity index is 1230. The van der Waals surface area contributed by atoms with E-state index in [1.54, 1.807) is 54.8 Å². The molecule has 0 atom stereocenters. The topological polar surface area (TPSA) is 120 Å². The Kier molecular flexibility index (Phi) is 7.20. The van der Waals surface area contributed by atoms with Gasteiger partial charge in [-0.25, -0.2) is 0 Å². The molecule has 3 aromatic rings. The third-order valence-corrected chi connectivity index (χ3v) is 5.50. The first-order valence-corrected chi connectivity index (χ1v) is 11.2. The summed E-state index contributed by atoms with van der Waals surface area (Å²) in [7, 11) is 0. The van der Waals surface area contributed by atoms with Crippen molar-refractivity contribution in [3.8, 4) is 28.9 Å². The number of hydrogen-bond acceptors (Lipinski definition) is 6. The molecule has 0 bridgehead atoms. The van der Waals surface area contributed by atoms with Crippen LogP contribution in [0.3, 0.4) is 0 Å². The number of nitrogens with zero attached hydrogens (tertiary/aromatic N) is 1. The highest BCUT2D eigenvalue weighted by molar-refractivity contribution is 5.95. The van der Waals surface area contributed by atoms with Crippen molar-refractivity contribution < 1.29 is 34.1 Å². The summed E-state index contributed by atoms with van der Waals surface area (Å²) in [4.78, 5) is 25.0. The molecule has 0 aliphatic heterocycles. The molecule has 4 rings (SSSR count). The predicted octanol–water partition coefficient (Wildman–Crippen LogP) is 3.59. The second kappa shape index (κ2) is 10.5. The van der Waals surface area contributed by atoms with Gasteiger partial charge in [0.15, 0.2) is 0 Å². The SMILES string of the molecule is O=C(O)CC#CCCOc1ccccc1C(O)(O)N(C(=O)c1ccc(-c2ccco2)cc1)C1CC1. The number of aliphatic hydroxyl groups is 2. The van der Waals surface area contributed by atoms with Crippen LogP contribution in [0.5, 0.6) is 5.75 Å². The minimum atomic E-state index is -2.61. The van der Waals surface area contributed by atoms with E-state index in [9.17, 15) is 19.8 Å². The van der Waals surface area contributed by atoms with Gasteiger partial charge in [-0.05, 0) is 49.2 Å². The van der Waals surface area contributed by atoms with Gasteiger partial charge in [-0.15, -0.1) is 0 Å². The van der Waals surface area contributed by atoms with Crippen LogP contribution >= 0.6 is 0 Å². The summed E-state index contributed by atoms with van der Waals surface area (Å²) in [6.45, 7) is 0.116. The van der Waals surface area contributed by atoms with Gasteiger partial charge in [0, 0.05) is 23.6 Å². The number of carbonyl (C=O) groups excluding carboxylic acids is 1. The second-order valence-corrected chi connectivity index (χ2v) is 8.12. The second-order valence-electron chi connectivity index (χ2n) is 8.12. The Morgan fingerprint density at radius 2 is 1.77 bits per heavy atom. The number of amides is 1. The lowest BCUT2D eigenvalue weighted by atomic mass is 10.1. The molecule has 1 aliphatic rings. The maximum atomic E-state index is 13.4. The van der Waals surface area contributed by atoms with Gasteiger partial charge in [0.1, 0.15) is 17.9 Å². The van der Waals surface area contributed by atoms with Gasteiger partial charge in [0.05, 0.1) is 18.4 Å². The van der Waals surface area contributed by atoms with E-state index in [1.165, 1.54) is 6.07 Å². The maximum absolute atomic E-state index is 13.4. The Morgan fingerprint density at radius 1 is 1.03 bits per heavy atom. The van der Waals surface area contributed by atoms with E-state index in [0.717, 1.165) is 10.5 Å². The van der Waals surface area contributed by atoms with Crippen LogP contribution in [0.25, 0.3) is 11.3 Å². The lowest BCUT2D eigenvalue weighted by molar-refractivity contribution is -0.259. The molecule has 2 aromatic carbocycles. The van der Waals surface area contributed by atoms with Crippen molar-refractivity contribution in [2.45, 2.75) is 37.6 Å². The first-order chi connectivity index (χ1) is 16.9. The smallest absolute Gasteiger partial charge is 0.315 e. The van der Waals surface area contributed by atoms with Crippen LogP contribution in [-0.2, 0) is 10.7 Å². The molecule has 1 fully saturated rings.